The van der Waals surface area contributed by atoms with E-state index in [0.717, 1.165) is 18.7 Å². The summed E-state index contributed by atoms with van der Waals surface area (Å²) in [6.45, 7) is 1.95. The molecular weight excluding hydrogens is 182 g/mol. The molecule has 2 rings (SSSR count). The lowest BCUT2D eigenvalue weighted by Crippen LogP contribution is -2.48. The number of rotatable bonds is 3. The molecule has 1 heterocycles. The van der Waals surface area contributed by atoms with Crippen molar-refractivity contribution in [3.05, 3.63) is 12.2 Å². The number of aliphatic carboxylic acids is 1. The van der Waals surface area contributed by atoms with E-state index in [9.17, 15) is 9.90 Å². The standard InChI is InChI=1S/C9H13N3O2/c1-2-7-11-10-6-12(7)9(8(13)14)4-3-5-9/h6H,2-5H2,1H3,(H,13,14). The van der Waals surface area contributed by atoms with Crippen molar-refractivity contribution < 1.29 is 9.90 Å². The topological polar surface area (TPSA) is 68.0 Å². The first-order chi connectivity index (χ1) is 6.70. The first-order valence-electron chi connectivity index (χ1n) is 4.83. The van der Waals surface area contributed by atoms with Gasteiger partial charge in [-0.1, -0.05) is 6.92 Å². The van der Waals surface area contributed by atoms with Gasteiger partial charge in [0.05, 0.1) is 0 Å². The van der Waals surface area contributed by atoms with Crippen LogP contribution in [0, 0.1) is 0 Å². The van der Waals surface area contributed by atoms with Gasteiger partial charge in [-0.25, -0.2) is 4.79 Å². The summed E-state index contributed by atoms with van der Waals surface area (Å²) < 4.78 is 1.72. The quantitative estimate of drug-likeness (QED) is 0.774. The highest BCUT2D eigenvalue weighted by Gasteiger charge is 2.47. The Labute approximate surface area is 81.8 Å². The van der Waals surface area contributed by atoms with E-state index in [-0.39, 0.29) is 0 Å². The molecule has 1 saturated carbocycles. The first kappa shape index (κ1) is 9.18. The molecule has 76 valence electrons. The Balaban J connectivity index is 2.41. The lowest BCUT2D eigenvalue weighted by Gasteiger charge is -2.39. The highest BCUT2D eigenvalue weighted by Crippen LogP contribution is 2.39. The Morgan fingerprint density at radius 1 is 1.71 bits per heavy atom. The number of aryl methyl sites for hydroxylation is 1. The number of hydrogen-bond acceptors (Lipinski definition) is 3. The van der Waals surface area contributed by atoms with Crippen molar-refractivity contribution >= 4 is 5.97 Å². The zero-order chi connectivity index (χ0) is 10.2. The maximum atomic E-state index is 11.2. The number of hydrogen-bond donors (Lipinski definition) is 1. The van der Waals surface area contributed by atoms with E-state index in [0.29, 0.717) is 12.8 Å². The molecule has 1 fully saturated rings. The maximum absolute atomic E-state index is 11.2. The van der Waals surface area contributed by atoms with E-state index in [4.69, 9.17) is 0 Å². The summed E-state index contributed by atoms with van der Waals surface area (Å²) in [5.74, 6) is -0.00894. The fraction of sp³-hybridized carbons (Fsp3) is 0.667. The summed E-state index contributed by atoms with van der Waals surface area (Å²) in [5.41, 5.74) is -0.755. The Hall–Kier alpha value is -1.39. The molecule has 1 aromatic heterocycles. The lowest BCUT2D eigenvalue weighted by atomic mass is 9.76. The molecule has 0 spiro atoms. The molecule has 1 aromatic rings. The molecule has 0 amide bonds. The van der Waals surface area contributed by atoms with Crippen LogP contribution in [0.3, 0.4) is 0 Å². The third-order valence-corrected chi connectivity index (χ3v) is 2.97. The molecule has 0 aromatic carbocycles. The van der Waals surface area contributed by atoms with E-state index in [2.05, 4.69) is 10.2 Å². The smallest absolute Gasteiger partial charge is 0.329 e. The molecule has 1 N–H and O–H groups in total. The van der Waals surface area contributed by atoms with Crippen molar-refractivity contribution in [1.82, 2.24) is 14.8 Å². The van der Waals surface area contributed by atoms with Gasteiger partial charge in [0, 0.05) is 6.42 Å². The van der Waals surface area contributed by atoms with Gasteiger partial charge in [0.2, 0.25) is 0 Å². The Morgan fingerprint density at radius 3 is 2.86 bits per heavy atom. The molecule has 5 heteroatoms. The van der Waals surface area contributed by atoms with Gasteiger partial charge in [-0.15, -0.1) is 10.2 Å². The third kappa shape index (κ3) is 1.05. The second-order valence-electron chi connectivity index (χ2n) is 3.66. The van der Waals surface area contributed by atoms with Crippen molar-refractivity contribution in [2.24, 2.45) is 0 Å². The van der Waals surface area contributed by atoms with E-state index >= 15 is 0 Å². The molecule has 0 saturated heterocycles. The van der Waals surface area contributed by atoms with Crippen LogP contribution in [0.1, 0.15) is 32.0 Å². The van der Waals surface area contributed by atoms with Gasteiger partial charge in [-0.3, -0.25) is 0 Å². The average Bonchev–Trinajstić information content (AvgIpc) is 2.50. The van der Waals surface area contributed by atoms with E-state index < -0.39 is 11.5 Å². The number of nitrogens with zero attached hydrogens (tertiary/aromatic N) is 3. The Kier molecular flexibility index (Phi) is 2.02. The first-order valence-corrected chi connectivity index (χ1v) is 4.83. The van der Waals surface area contributed by atoms with Gasteiger partial charge in [-0.05, 0) is 19.3 Å². The number of aromatic nitrogens is 3. The van der Waals surface area contributed by atoms with Crippen LogP contribution in [-0.4, -0.2) is 25.8 Å². The molecule has 0 radical (unpaired) electrons. The molecule has 0 aliphatic heterocycles. The number of carboxylic acids is 1. The van der Waals surface area contributed by atoms with Crippen LogP contribution in [0.5, 0.6) is 0 Å². The van der Waals surface area contributed by atoms with Gasteiger partial charge in [-0.2, -0.15) is 0 Å². The van der Waals surface area contributed by atoms with Crippen LogP contribution in [0.25, 0.3) is 0 Å². The predicted octanol–water partition coefficient (Wildman–Crippen LogP) is 0.804. The van der Waals surface area contributed by atoms with Crippen molar-refractivity contribution in [2.75, 3.05) is 0 Å². The van der Waals surface area contributed by atoms with Crippen LogP contribution in [-0.2, 0) is 16.8 Å². The largest absolute Gasteiger partial charge is 0.479 e. The Morgan fingerprint density at radius 2 is 2.43 bits per heavy atom. The summed E-state index contributed by atoms with van der Waals surface area (Å²) in [7, 11) is 0. The summed E-state index contributed by atoms with van der Waals surface area (Å²) in [6, 6.07) is 0. The average molecular weight is 195 g/mol. The van der Waals surface area contributed by atoms with E-state index in [1.165, 1.54) is 6.33 Å². The van der Waals surface area contributed by atoms with Crippen LogP contribution in [0.2, 0.25) is 0 Å². The SMILES string of the molecule is CCc1nncn1C1(C(=O)O)CCC1. The van der Waals surface area contributed by atoms with Crippen LogP contribution >= 0.6 is 0 Å². The van der Waals surface area contributed by atoms with Crippen LogP contribution in [0.15, 0.2) is 6.33 Å². The second-order valence-corrected chi connectivity index (χ2v) is 3.66. The zero-order valence-corrected chi connectivity index (χ0v) is 8.10. The molecule has 5 nitrogen and oxygen atoms in total. The maximum Gasteiger partial charge on any atom is 0.329 e. The zero-order valence-electron chi connectivity index (χ0n) is 8.10. The summed E-state index contributed by atoms with van der Waals surface area (Å²) in [5, 5.41) is 16.9. The minimum atomic E-state index is -0.766. The highest BCUT2D eigenvalue weighted by atomic mass is 16.4. The van der Waals surface area contributed by atoms with Gasteiger partial charge in [0.15, 0.2) is 0 Å². The molecule has 14 heavy (non-hydrogen) atoms. The van der Waals surface area contributed by atoms with Gasteiger partial charge in [0.1, 0.15) is 17.7 Å². The second kappa shape index (κ2) is 3.08. The number of carboxylic acid groups (broad SMARTS) is 1. The molecule has 1 aliphatic rings. The van der Waals surface area contributed by atoms with Crippen LogP contribution in [0.4, 0.5) is 0 Å². The highest BCUT2D eigenvalue weighted by molar-refractivity contribution is 5.78. The van der Waals surface area contributed by atoms with Crippen molar-refractivity contribution in [3.8, 4) is 0 Å². The Bertz CT molecular complexity index is 355. The predicted molar refractivity (Wildman–Crippen MR) is 48.9 cm³/mol. The fourth-order valence-electron chi connectivity index (χ4n) is 1.93. The summed E-state index contributed by atoms with van der Waals surface area (Å²) in [4.78, 5) is 11.2. The van der Waals surface area contributed by atoms with Crippen molar-refractivity contribution in [2.45, 2.75) is 38.1 Å². The van der Waals surface area contributed by atoms with Gasteiger partial charge >= 0.3 is 5.97 Å². The van der Waals surface area contributed by atoms with Gasteiger partial charge in [0.25, 0.3) is 0 Å². The minimum absolute atomic E-state index is 0.688. The molecular formula is C9H13N3O2. The third-order valence-electron chi connectivity index (χ3n) is 2.97. The van der Waals surface area contributed by atoms with Crippen molar-refractivity contribution in [3.63, 3.8) is 0 Å². The van der Waals surface area contributed by atoms with Gasteiger partial charge < -0.3 is 9.67 Å². The van der Waals surface area contributed by atoms with Crippen molar-refractivity contribution in [1.29, 1.82) is 0 Å². The molecule has 0 atom stereocenters. The fourth-order valence-corrected chi connectivity index (χ4v) is 1.93. The minimum Gasteiger partial charge on any atom is -0.479 e. The summed E-state index contributed by atoms with van der Waals surface area (Å²) >= 11 is 0. The molecule has 0 unspecified atom stereocenters. The normalized spacial score (nSPS) is 18.9. The van der Waals surface area contributed by atoms with E-state index in [1.807, 2.05) is 6.92 Å². The number of carbonyl (C=O) groups is 1. The van der Waals surface area contributed by atoms with E-state index in [1.54, 1.807) is 4.57 Å². The summed E-state index contributed by atoms with van der Waals surface area (Å²) in [6.07, 6.45) is 4.59. The lowest BCUT2D eigenvalue weighted by molar-refractivity contribution is -0.152. The molecule has 0 bridgehead atoms. The monoisotopic (exact) mass is 195 g/mol. The van der Waals surface area contributed by atoms with Crippen LogP contribution < -0.4 is 0 Å². The molecule has 1 aliphatic carbocycles.